The van der Waals surface area contributed by atoms with Gasteiger partial charge in [0, 0.05) is 6.04 Å². The molecule has 1 atom stereocenters. The number of ether oxygens (including phenoxy) is 1. The van der Waals surface area contributed by atoms with Crippen LogP contribution < -0.4 is 10.2 Å². The molecule has 0 radical (unpaired) electrons. The number of hydrogen-bond acceptors (Lipinski definition) is 5. The molecule has 0 saturated heterocycles. The minimum Gasteiger partial charge on any atom is -0.452 e. The first-order valence-corrected chi connectivity index (χ1v) is 10.2. The minimum atomic E-state index is -0.736. The van der Waals surface area contributed by atoms with E-state index < -0.39 is 30.3 Å². The first-order valence-electron chi connectivity index (χ1n) is 10.2. The Morgan fingerprint density at radius 3 is 2.32 bits per heavy atom. The van der Waals surface area contributed by atoms with E-state index in [1.807, 2.05) is 46.8 Å². The third kappa shape index (κ3) is 4.50. The van der Waals surface area contributed by atoms with Crippen LogP contribution in [0.3, 0.4) is 0 Å². The van der Waals surface area contributed by atoms with Crippen molar-refractivity contribution in [2.45, 2.75) is 40.7 Å². The summed E-state index contributed by atoms with van der Waals surface area (Å²) in [6, 6.07) is 9.70. The highest BCUT2D eigenvalue weighted by atomic mass is 16.5. The van der Waals surface area contributed by atoms with Crippen LogP contribution in [0, 0.1) is 19.8 Å². The van der Waals surface area contributed by atoms with Gasteiger partial charge in [-0.1, -0.05) is 26.0 Å². The SMILES string of the molecule is Cc1ccc(C)c(N2C(=O)c3ccc(C(=O)OCC(=O)N[C@@H](C)C(C)C)cc3C2=O)c1. The second kappa shape index (κ2) is 8.71. The standard InChI is InChI=1S/C24H26N2O5/c1-13(2)16(5)25-21(27)12-31-24(30)17-8-9-18-19(11-17)23(29)26(22(18)28)20-10-14(3)6-7-15(20)4/h6-11,13,16H,12H2,1-5H3,(H,25,27)/t16-/m0/s1. The summed E-state index contributed by atoms with van der Waals surface area (Å²) in [6.45, 7) is 9.10. The molecule has 2 aromatic rings. The lowest BCUT2D eigenvalue weighted by Crippen LogP contribution is -2.38. The maximum absolute atomic E-state index is 13.0. The lowest BCUT2D eigenvalue weighted by atomic mass is 10.1. The molecule has 162 valence electrons. The van der Waals surface area contributed by atoms with Crippen LogP contribution in [0.2, 0.25) is 0 Å². The first kappa shape index (κ1) is 22.2. The van der Waals surface area contributed by atoms with Gasteiger partial charge in [0.15, 0.2) is 6.61 Å². The van der Waals surface area contributed by atoms with Gasteiger partial charge >= 0.3 is 5.97 Å². The van der Waals surface area contributed by atoms with E-state index in [9.17, 15) is 19.2 Å². The summed E-state index contributed by atoms with van der Waals surface area (Å²) < 4.78 is 5.08. The number of carbonyl (C=O) groups is 4. The molecule has 7 heteroatoms. The Morgan fingerprint density at radius 1 is 0.968 bits per heavy atom. The highest BCUT2D eigenvalue weighted by molar-refractivity contribution is 6.35. The number of nitrogens with zero attached hydrogens (tertiary/aromatic N) is 1. The van der Waals surface area contributed by atoms with Gasteiger partial charge < -0.3 is 10.1 Å². The van der Waals surface area contributed by atoms with Gasteiger partial charge in [0.05, 0.1) is 22.4 Å². The summed E-state index contributed by atoms with van der Waals surface area (Å²) in [6.07, 6.45) is 0. The van der Waals surface area contributed by atoms with Crippen LogP contribution in [0.25, 0.3) is 0 Å². The highest BCUT2D eigenvalue weighted by Gasteiger charge is 2.38. The predicted molar refractivity (Wildman–Crippen MR) is 116 cm³/mol. The summed E-state index contributed by atoms with van der Waals surface area (Å²) in [5, 5.41) is 2.75. The smallest absolute Gasteiger partial charge is 0.338 e. The van der Waals surface area contributed by atoms with Gasteiger partial charge in [0.25, 0.3) is 17.7 Å². The van der Waals surface area contributed by atoms with Crippen molar-refractivity contribution in [1.82, 2.24) is 5.32 Å². The Kier molecular flexibility index (Phi) is 6.24. The van der Waals surface area contributed by atoms with Crippen molar-refractivity contribution in [2.75, 3.05) is 11.5 Å². The lowest BCUT2D eigenvalue weighted by Gasteiger charge is -2.17. The molecular formula is C24H26N2O5. The van der Waals surface area contributed by atoms with E-state index in [2.05, 4.69) is 5.32 Å². The molecule has 0 saturated carbocycles. The van der Waals surface area contributed by atoms with Crippen molar-refractivity contribution in [3.63, 3.8) is 0 Å². The van der Waals surface area contributed by atoms with E-state index in [-0.39, 0.29) is 28.7 Å². The van der Waals surface area contributed by atoms with E-state index in [0.717, 1.165) is 16.0 Å². The van der Waals surface area contributed by atoms with Crippen molar-refractivity contribution in [3.8, 4) is 0 Å². The normalized spacial score (nSPS) is 13.9. The lowest BCUT2D eigenvalue weighted by molar-refractivity contribution is -0.125. The van der Waals surface area contributed by atoms with Crippen LogP contribution in [0.1, 0.15) is 63.0 Å². The number of anilines is 1. The Morgan fingerprint density at radius 2 is 1.65 bits per heavy atom. The summed E-state index contributed by atoms with van der Waals surface area (Å²) in [4.78, 5) is 51.3. The molecule has 1 aliphatic rings. The van der Waals surface area contributed by atoms with E-state index in [0.29, 0.717) is 5.69 Å². The quantitative estimate of drug-likeness (QED) is 0.569. The molecule has 0 aliphatic carbocycles. The number of imide groups is 1. The molecule has 0 aromatic heterocycles. The average Bonchev–Trinajstić information content (AvgIpc) is 2.97. The zero-order chi connectivity index (χ0) is 22.9. The number of rotatable bonds is 6. The molecule has 0 bridgehead atoms. The maximum atomic E-state index is 13.0. The second-order valence-electron chi connectivity index (χ2n) is 8.17. The molecule has 3 rings (SSSR count). The number of fused-ring (bicyclic) bond motifs is 1. The van der Waals surface area contributed by atoms with Crippen molar-refractivity contribution in [1.29, 1.82) is 0 Å². The Hall–Kier alpha value is -3.48. The second-order valence-corrected chi connectivity index (χ2v) is 8.17. The number of hydrogen-bond donors (Lipinski definition) is 1. The number of carbonyl (C=O) groups excluding carboxylic acids is 4. The number of nitrogens with one attached hydrogen (secondary N) is 1. The Balaban J connectivity index is 1.76. The molecule has 2 aromatic carbocycles. The third-order valence-corrected chi connectivity index (χ3v) is 5.45. The average molecular weight is 422 g/mol. The van der Waals surface area contributed by atoms with E-state index >= 15 is 0 Å². The van der Waals surface area contributed by atoms with Gasteiger partial charge in [-0.2, -0.15) is 0 Å². The van der Waals surface area contributed by atoms with Crippen LogP contribution in [0.5, 0.6) is 0 Å². The Bertz CT molecular complexity index is 1070. The van der Waals surface area contributed by atoms with Gasteiger partial charge in [-0.15, -0.1) is 0 Å². The molecular weight excluding hydrogens is 396 g/mol. The molecule has 1 heterocycles. The van der Waals surface area contributed by atoms with Gasteiger partial charge in [0.1, 0.15) is 0 Å². The van der Waals surface area contributed by atoms with Crippen molar-refractivity contribution in [2.24, 2.45) is 5.92 Å². The predicted octanol–water partition coefficient (Wildman–Crippen LogP) is 3.42. The van der Waals surface area contributed by atoms with E-state index in [4.69, 9.17) is 4.74 Å². The fourth-order valence-electron chi connectivity index (χ4n) is 3.22. The van der Waals surface area contributed by atoms with Crippen LogP contribution in [-0.4, -0.2) is 36.3 Å². The van der Waals surface area contributed by atoms with Gasteiger partial charge in [-0.3, -0.25) is 14.4 Å². The molecule has 1 aliphatic heterocycles. The summed E-state index contributed by atoms with van der Waals surface area (Å²) >= 11 is 0. The molecule has 0 fully saturated rings. The largest absolute Gasteiger partial charge is 0.452 e. The first-order chi connectivity index (χ1) is 14.6. The zero-order valence-electron chi connectivity index (χ0n) is 18.3. The molecule has 1 N–H and O–H groups in total. The van der Waals surface area contributed by atoms with E-state index in [1.54, 1.807) is 6.07 Å². The van der Waals surface area contributed by atoms with Crippen LogP contribution in [0.15, 0.2) is 36.4 Å². The topological polar surface area (TPSA) is 92.8 Å². The summed E-state index contributed by atoms with van der Waals surface area (Å²) in [5.74, 6) is -1.81. The number of benzene rings is 2. The highest BCUT2D eigenvalue weighted by Crippen LogP contribution is 2.31. The van der Waals surface area contributed by atoms with Gasteiger partial charge in [-0.05, 0) is 62.1 Å². The third-order valence-electron chi connectivity index (χ3n) is 5.45. The van der Waals surface area contributed by atoms with Crippen molar-refractivity contribution in [3.05, 3.63) is 64.2 Å². The maximum Gasteiger partial charge on any atom is 0.338 e. The monoisotopic (exact) mass is 422 g/mol. The van der Waals surface area contributed by atoms with Crippen LogP contribution in [0.4, 0.5) is 5.69 Å². The molecule has 7 nitrogen and oxygen atoms in total. The summed E-state index contributed by atoms with van der Waals surface area (Å²) in [5.41, 5.74) is 2.70. The Labute approximate surface area is 181 Å². The van der Waals surface area contributed by atoms with E-state index in [1.165, 1.54) is 18.2 Å². The fraction of sp³-hybridized carbons (Fsp3) is 0.333. The van der Waals surface area contributed by atoms with Gasteiger partial charge in [-0.25, -0.2) is 9.69 Å². The zero-order valence-corrected chi connectivity index (χ0v) is 18.3. The van der Waals surface area contributed by atoms with Crippen LogP contribution in [-0.2, 0) is 9.53 Å². The number of amides is 3. The molecule has 31 heavy (non-hydrogen) atoms. The summed E-state index contributed by atoms with van der Waals surface area (Å²) in [7, 11) is 0. The minimum absolute atomic E-state index is 0.0501. The molecule has 0 spiro atoms. The molecule has 0 unspecified atom stereocenters. The number of esters is 1. The fourth-order valence-corrected chi connectivity index (χ4v) is 3.22. The van der Waals surface area contributed by atoms with Crippen molar-refractivity contribution >= 4 is 29.4 Å². The van der Waals surface area contributed by atoms with Crippen molar-refractivity contribution < 1.29 is 23.9 Å². The van der Waals surface area contributed by atoms with Gasteiger partial charge in [0.2, 0.25) is 0 Å². The van der Waals surface area contributed by atoms with Crippen LogP contribution >= 0.6 is 0 Å². The number of aryl methyl sites for hydroxylation is 2. The molecule has 3 amide bonds.